The Morgan fingerprint density at radius 2 is 1.81 bits per heavy atom. The van der Waals surface area contributed by atoms with Gasteiger partial charge < -0.3 is 9.47 Å². The van der Waals surface area contributed by atoms with Gasteiger partial charge in [0.05, 0.1) is 36.7 Å². The van der Waals surface area contributed by atoms with E-state index in [1.165, 1.54) is 7.11 Å². The van der Waals surface area contributed by atoms with Crippen molar-refractivity contribution in [3.05, 3.63) is 70.7 Å². The molecule has 2 aromatic heterocycles. The van der Waals surface area contributed by atoms with Crippen molar-refractivity contribution in [1.29, 1.82) is 0 Å². The van der Waals surface area contributed by atoms with Gasteiger partial charge in [0.25, 0.3) is 5.91 Å². The van der Waals surface area contributed by atoms with Crippen molar-refractivity contribution in [2.24, 2.45) is 0 Å². The fraction of sp³-hybridized carbons (Fsp3) is 0.130. The van der Waals surface area contributed by atoms with E-state index >= 15 is 0 Å². The molecule has 1 amide bonds. The Morgan fingerprint density at radius 3 is 2.58 bits per heavy atom. The third-order valence-corrected chi connectivity index (χ3v) is 5.77. The number of fused-ring (bicyclic) bond motifs is 1. The fourth-order valence-corrected chi connectivity index (χ4v) is 4.07. The maximum Gasteiger partial charge on any atom is 0.350 e. The van der Waals surface area contributed by atoms with Crippen LogP contribution in [0.15, 0.2) is 54.6 Å². The quantitative estimate of drug-likeness (QED) is 0.458. The highest BCUT2D eigenvalue weighted by Gasteiger charge is 2.19. The molecule has 8 heteroatoms. The molecule has 7 nitrogen and oxygen atoms in total. The average molecular weight is 433 g/mol. The summed E-state index contributed by atoms with van der Waals surface area (Å²) in [5.74, 6) is -0.120. The number of ether oxygens (including phenoxy) is 2. The standard InChI is InChI=1S/C23H19N3O4S/c1-13-20(22(28)30-3)31-23(24-13)26-21(27)17-12-19(14-7-6-8-15(11-14)29-2)25-18-10-5-4-9-16(17)18/h4-12H,1-3H3,(H,24,26,27). The molecular formula is C23H19N3O4S. The Bertz CT molecular complexity index is 1300. The molecule has 0 aliphatic rings. The summed E-state index contributed by atoms with van der Waals surface area (Å²) < 4.78 is 10.1. The molecule has 2 heterocycles. The minimum atomic E-state index is -0.481. The van der Waals surface area contributed by atoms with Gasteiger partial charge in [0.15, 0.2) is 5.13 Å². The molecule has 0 fully saturated rings. The highest BCUT2D eigenvalue weighted by atomic mass is 32.1. The Morgan fingerprint density at radius 1 is 1.00 bits per heavy atom. The molecule has 0 bridgehead atoms. The number of methoxy groups -OCH3 is 2. The monoisotopic (exact) mass is 433 g/mol. The third-order valence-electron chi connectivity index (χ3n) is 4.71. The van der Waals surface area contributed by atoms with Gasteiger partial charge in [-0.15, -0.1) is 0 Å². The molecule has 1 N–H and O–H groups in total. The first-order valence-electron chi connectivity index (χ1n) is 9.41. The van der Waals surface area contributed by atoms with Crippen molar-refractivity contribution in [2.45, 2.75) is 6.92 Å². The third kappa shape index (κ3) is 4.10. The predicted octanol–water partition coefficient (Wildman–Crippen LogP) is 4.71. The van der Waals surface area contributed by atoms with E-state index in [1.54, 1.807) is 20.1 Å². The molecule has 0 radical (unpaired) electrons. The van der Waals surface area contributed by atoms with E-state index < -0.39 is 5.97 Å². The van der Waals surface area contributed by atoms with Gasteiger partial charge in [-0.25, -0.2) is 14.8 Å². The number of esters is 1. The second kappa shape index (κ2) is 8.53. The number of anilines is 1. The van der Waals surface area contributed by atoms with Gasteiger partial charge in [0.1, 0.15) is 10.6 Å². The average Bonchev–Trinajstić information content (AvgIpc) is 3.17. The van der Waals surface area contributed by atoms with Crippen LogP contribution in [0.3, 0.4) is 0 Å². The molecular weight excluding hydrogens is 414 g/mol. The van der Waals surface area contributed by atoms with Gasteiger partial charge >= 0.3 is 5.97 Å². The number of hydrogen-bond acceptors (Lipinski definition) is 7. The second-order valence-corrected chi connectivity index (χ2v) is 7.68. The lowest BCUT2D eigenvalue weighted by atomic mass is 10.0. The lowest BCUT2D eigenvalue weighted by Gasteiger charge is -2.10. The molecule has 0 aliphatic heterocycles. The zero-order chi connectivity index (χ0) is 22.0. The van der Waals surface area contributed by atoms with Crippen LogP contribution in [0, 0.1) is 6.92 Å². The largest absolute Gasteiger partial charge is 0.497 e. The molecule has 2 aromatic carbocycles. The van der Waals surface area contributed by atoms with Crippen LogP contribution in [0.1, 0.15) is 25.7 Å². The molecule has 0 unspecified atom stereocenters. The number of thiazole rings is 1. The lowest BCUT2D eigenvalue weighted by molar-refractivity contribution is 0.0605. The van der Waals surface area contributed by atoms with Gasteiger partial charge in [-0.2, -0.15) is 0 Å². The van der Waals surface area contributed by atoms with Gasteiger partial charge in [-0.3, -0.25) is 10.1 Å². The highest BCUT2D eigenvalue weighted by Crippen LogP contribution is 2.29. The minimum absolute atomic E-state index is 0.326. The Labute approximate surface area is 182 Å². The first-order valence-corrected chi connectivity index (χ1v) is 10.2. The van der Waals surface area contributed by atoms with Crippen LogP contribution < -0.4 is 10.1 Å². The Balaban J connectivity index is 1.75. The number of amides is 1. The number of aromatic nitrogens is 2. The van der Waals surface area contributed by atoms with Crippen LogP contribution in [-0.2, 0) is 4.74 Å². The SMILES string of the molecule is COC(=O)c1sc(NC(=O)c2cc(-c3cccc(OC)c3)nc3ccccc23)nc1C. The molecule has 0 spiro atoms. The summed E-state index contributed by atoms with van der Waals surface area (Å²) in [6, 6.07) is 16.7. The van der Waals surface area contributed by atoms with Gasteiger partial charge in [0, 0.05) is 10.9 Å². The number of carbonyl (C=O) groups excluding carboxylic acids is 2. The van der Waals surface area contributed by atoms with Gasteiger partial charge in [-0.05, 0) is 31.2 Å². The summed E-state index contributed by atoms with van der Waals surface area (Å²) in [5.41, 5.74) is 3.13. The maximum atomic E-state index is 13.2. The molecule has 0 atom stereocenters. The zero-order valence-corrected chi connectivity index (χ0v) is 17.9. The van der Waals surface area contributed by atoms with E-state index in [0.29, 0.717) is 43.6 Å². The van der Waals surface area contributed by atoms with Gasteiger partial charge in [0.2, 0.25) is 0 Å². The van der Waals surface area contributed by atoms with Crippen LogP contribution in [0.5, 0.6) is 5.75 Å². The smallest absolute Gasteiger partial charge is 0.350 e. The van der Waals surface area contributed by atoms with Crippen LogP contribution in [0.4, 0.5) is 5.13 Å². The number of hydrogen-bond donors (Lipinski definition) is 1. The van der Waals surface area contributed by atoms with Crippen molar-refractivity contribution < 1.29 is 19.1 Å². The molecule has 0 saturated carbocycles. The van der Waals surface area contributed by atoms with Crippen LogP contribution in [0.2, 0.25) is 0 Å². The summed E-state index contributed by atoms with van der Waals surface area (Å²) in [7, 11) is 2.91. The van der Waals surface area contributed by atoms with Crippen molar-refractivity contribution in [2.75, 3.05) is 19.5 Å². The molecule has 156 valence electrons. The van der Waals surface area contributed by atoms with E-state index in [2.05, 4.69) is 10.3 Å². The molecule has 4 rings (SSSR count). The van der Waals surface area contributed by atoms with Crippen molar-refractivity contribution >= 4 is 39.2 Å². The Hall–Kier alpha value is -3.78. The molecule has 31 heavy (non-hydrogen) atoms. The van der Waals surface area contributed by atoms with E-state index in [-0.39, 0.29) is 5.91 Å². The van der Waals surface area contributed by atoms with Crippen molar-refractivity contribution in [3.8, 4) is 17.0 Å². The van der Waals surface area contributed by atoms with E-state index in [0.717, 1.165) is 16.9 Å². The number of rotatable bonds is 5. The number of nitrogens with one attached hydrogen (secondary N) is 1. The highest BCUT2D eigenvalue weighted by molar-refractivity contribution is 7.17. The number of carbonyl (C=O) groups is 2. The van der Waals surface area contributed by atoms with Gasteiger partial charge in [-0.1, -0.05) is 41.7 Å². The predicted molar refractivity (Wildman–Crippen MR) is 120 cm³/mol. The van der Waals surface area contributed by atoms with Crippen LogP contribution in [0.25, 0.3) is 22.2 Å². The normalized spacial score (nSPS) is 10.7. The number of aryl methyl sites for hydroxylation is 1. The lowest BCUT2D eigenvalue weighted by Crippen LogP contribution is -2.13. The first kappa shape index (κ1) is 20.5. The van der Waals surface area contributed by atoms with E-state index in [4.69, 9.17) is 14.5 Å². The number of nitrogens with zero attached hydrogens (tertiary/aromatic N) is 2. The molecule has 0 aliphatic carbocycles. The van der Waals surface area contributed by atoms with Crippen molar-refractivity contribution in [1.82, 2.24) is 9.97 Å². The first-order chi connectivity index (χ1) is 15.0. The topological polar surface area (TPSA) is 90.4 Å². The van der Waals surface area contributed by atoms with Crippen LogP contribution >= 0.6 is 11.3 Å². The minimum Gasteiger partial charge on any atom is -0.497 e. The maximum absolute atomic E-state index is 13.2. The summed E-state index contributed by atoms with van der Waals surface area (Å²) in [4.78, 5) is 34.4. The number of para-hydroxylation sites is 1. The summed E-state index contributed by atoms with van der Waals surface area (Å²) in [5, 5.41) is 3.84. The van der Waals surface area contributed by atoms with Crippen LogP contribution in [-0.4, -0.2) is 36.1 Å². The molecule has 0 saturated heterocycles. The second-order valence-electron chi connectivity index (χ2n) is 6.68. The number of benzene rings is 2. The fourth-order valence-electron chi connectivity index (χ4n) is 3.19. The van der Waals surface area contributed by atoms with E-state index in [1.807, 2.05) is 48.5 Å². The molecule has 4 aromatic rings. The summed E-state index contributed by atoms with van der Waals surface area (Å²) in [6.07, 6.45) is 0. The summed E-state index contributed by atoms with van der Waals surface area (Å²) in [6.45, 7) is 1.70. The summed E-state index contributed by atoms with van der Waals surface area (Å²) >= 11 is 1.08. The zero-order valence-electron chi connectivity index (χ0n) is 17.1. The van der Waals surface area contributed by atoms with E-state index in [9.17, 15) is 9.59 Å². The van der Waals surface area contributed by atoms with Crippen molar-refractivity contribution in [3.63, 3.8) is 0 Å². The number of pyridine rings is 1. The Kier molecular flexibility index (Phi) is 5.64.